The van der Waals surface area contributed by atoms with E-state index in [4.69, 9.17) is 0 Å². The van der Waals surface area contributed by atoms with E-state index in [1.165, 1.54) is 19.1 Å². The molecule has 2 aromatic carbocycles. The molecule has 1 unspecified atom stereocenters. The van der Waals surface area contributed by atoms with E-state index in [0.717, 1.165) is 5.39 Å². The van der Waals surface area contributed by atoms with E-state index >= 15 is 0 Å². The van der Waals surface area contributed by atoms with Gasteiger partial charge in [-0.25, -0.2) is 4.79 Å². The van der Waals surface area contributed by atoms with Crippen LogP contribution in [-0.2, 0) is 9.53 Å². The van der Waals surface area contributed by atoms with Gasteiger partial charge in [0.25, 0.3) is 0 Å². The highest BCUT2D eigenvalue weighted by molar-refractivity contribution is 5.84. The first-order chi connectivity index (χ1) is 9.46. The van der Waals surface area contributed by atoms with Gasteiger partial charge in [-0.2, -0.15) is 8.78 Å². The molecule has 0 aliphatic rings. The zero-order chi connectivity index (χ0) is 14.8. The number of aliphatic hydroxyl groups is 1. The maximum absolute atomic E-state index is 13.8. The van der Waals surface area contributed by atoms with Crippen molar-refractivity contribution >= 4 is 16.7 Å². The Balaban J connectivity index is 2.35. The van der Waals surface area contributed by atoms with Crippen molar-refractivity contribution in [2.24, 2.45) is 0 Å². The Morgan fingerprint density at radius 2 is 1.90 bits per heavy atom. The van der Waals surface area contributed by atoms with Crippen molar-refractivity contribution in [3.63, 3.8) is 0 Å². The molecule has 0 fully saturated rings. The fraction of sp³-hybridized carbons (Fsp3) is 0.267. The van der Waals surface area contributed by atoms with Crippen LogP contribution in [-0.4, -0.2) is 23.6 Å². The summed E-state index contributed by atoms with van der Waals surface area (Å²) in [5.74, 6) is -5.70. The smallest absolute Gasteiger partial charge is 0.380 e. The molecular weight excluding hydrogens is 266 g/mol. The normalized spacial score (nSPS) is 13.2. The van der Waals surface area contributed by atoms with E-state index in [0.29, 0.717) is 5.39 Å². The van der Waals surface area contributed by atoms with Gasteiger partial charge in [-0.15, -0.1) is 0 Å². The lowest BCUT2D eigenvalue weighted by molar-refractivity contribution is -0.189. The van der Waals surface area contributed by atoms with Crippen LogP contribution in [0.4, 0.5) is 8.78 Å². The minimum absolute atomic E-state index is 0.0262. The second-order valence-electron chi connectivity index (χ2n) is 4.35. The molecule has 106 valence electrons. The molecule has 1 atom stereocenters. The second-order valence-corrected chi connectivity index (χ2v) is 4.35. The van der Waals surface area contributed by atoms with Crippen LogP contribution in [0.15, 0.2) is 42.5 Å². The summed E-state index contributed by atoms with van der Waals surface area (Å²) in [6.07, 6.45) is -2.23. The molecule has 5 heteroatoms. The Hall–Kier alpha value is -2.01. The molecule has 0 aliphatic heterocycles. The van der Waals surface area contributed by atoms with Gasteiger partial charge in [0.1, 0.15) is 0 Å². The number of halogens is 2. The van der Waals surface area contributed by atoms with Crippen LogP contribution in [0.5, 0.6) is 0 Å². The third-order valence-corrected chi connectivity index (χ3v) is 2.98. The zero-order valence-corrected chi connectivity index (χ0v) is 10.8. The lowest BCUT2D eigenvalue weighted by Gasteiger charge is -2.21. The summed E-state index contributed by atoms with van der Waals surface area (Å²) in [6.45, 7) is 1.26. The number of fused-ring (bicyclic) bond motifs is 1. The van der Waals surface area contributed by atoms with E-state index in [1.807, 2.05) is 12.1 Å². The van der Waals surface area contributed by atoms with Crippen LogP contribution in [0, 0.1) is 0 Å². The molecule has 0 radical (unpaired) electrons. The van der Waals surface area contributed by atoms with Crippen LogP contribution in [0.2, 0.25) is 0 Å². The van der Waals surface area contributed by atoms with Crippen molar-refractivity contribution in [1.29, 1.82) is 0 Å². The molecule has 1 N–H and O–H groups in total. The number of hydrogen-bond acceptors (Lipinski definition) is 3. The summed E-state index contributed by atoms with van der Waals surface area (Å²) in [5.41, 5.74) is -0.0262. The fourth-order valence-corrected chi connectivity index (χ4v) is 1.93. The summed E-state index contributed by atoms with van der Waals surface area (Å²) < 4.78 is 31.8. The molecule has 3 nitrogen and oxygen atoms in total. The van der Waals surface area contributed by atoms with Gasteiger partial charge in [0.2, 0.25) is 0 Å². The predicted molar refractivity (Wildman–Crippen MR) is 70.5 cm³/mol. The number of esters is 1. The van der Waals surface area contributed by atoms with E-state index in [2.05, 4.69) is 4.74 Å². The lowest BCUT2D eigenvalue weighted by Crippen LogP contribution is -2.37. The van der Waals surface area contributed by atoms with Gasteiger partial charge in [-0.1, -0.05) is 36.4 Å². The SMILES string of the molecule is CCOC(=O)C(F)(F)C(O)c1ccc2ccccc2c1. The Kier molecular flexibility index (Phi) is 3.99. The molecule has 2 aromatic rings. The first-order valence-electron chi connectivity index (χ1n) is 6.18. The number of alkyl halides is 2. The second kappa shape index (κ2) is 5.54. The number of carbonyl (C=O) groups excluding carboxylic acids is 1. The van der Waals surface area contributed by atoms with Crippen LogP contribution >= 0.6 is 0 Å². The largest absolute Gasteiger partial charge is 0.461 e. The third kappa shape index (κ3) is 2.63. The molecule has 0 heterocycles. The molecule has 0 amide bonds. The summed E-state index contributed by atoms with van der Waals surface area (Å²) in [4.78, 5) is 11.2. The van der Waals surface area contributed by atoms with Crippen molar-refractivity contribution in [3.8, 4) is 0 Å². The van der Waals surface area contributed by atoms with Crippen LogP contribution in [0.25, 0.3) is 10.8 Å². The quantitative estimate of drug-likeness (QED) is 0.875. The first kappa shape index (κ1) is 14.4. The molecule has 0 aromatic heterocycles. The van der Waals surface area contributed by atoms with E-state index < -0.39 is 18.0 Å². The third-order valence-electron chi connectivity index (χ3n) is 2.98. The minimum Gasteiger partial charge on any atom is -0.461 e. The minimum atomic E-state index is -3.97. The van der Waals surface area contributed by atoms with Crippen molar-refractivity contribution in [2.45, 2.75) is 19.0 Å². The fourth-order valence-electron chi connectivity index (χ4n) is 1.93. The lowest BCUT2D eigenvalue weighted by atomic mass is 10.00. The van der Waals surface area contributed by atoms with Gasteiger partial charge in [-0.3, -0.25) is 0 Å². The highest BCUT2D eigenvalue weighted by atomic mass is 19.3. The van der Waals surface area contributed by atoms with Crippen LogP contribution in [0.3, 0.4) is 0 Å². The molecule has 0 aliphatic carbocycles. The van der Waals surface area contributed by atoms with Crippen LogP contribution in [0.1, 0.15) is 18.6 Å². The van der Waals surface area contributed by atoms with Gasteiger partial charge in [0, 0.05) is 0 Å². The van der Waals surface area contributed by atoms with Crippen molar-refractivity contribution in [1.82, 2.24) is 0 Å². The standard InChI is InChI=1S/C15H14F2O3/c1-2-20-14(19)15(16,17)13(18)12-8-7-10-5-3-4-6-11(10)9-12/h3-9,13,18H,2H2,1H3. The monoisotopic (exact) mass is 280 g/mol. The number of carbonyl (C=O) groups is 1. The van der Waals surface area contributed by atoms with E-state index in [9.17, 15) is 18.7 Å². The van der Waals surface area contributed by atoms with E-state index in [-0.39, 0.29) is 12.2 Å². The maximum atomic E-state index is 13.8. The summed E-state index contributed by atoms with van der Waals surface area (Å²) in [5, 5.41) is 11.3. The maximum Gasteiger partial charge on any atom is 0.380 e. The average Bonchev–Trinajstić information content (AvgIpc) is 2.46. The Morgan fingerprint density at radius 1 is 1.25 bits per heavy atom. The summed E-state index contributed by atoms with van der Waals surface area (Å²) >= 11 is 0. The Bertz CT molecular complexity index is 625. The molecule has 2 rings (SSSR count). The van der Waals surface area contributed by atoms with Gasteiger partial charge in [-0.05, 0) is 29.3 Å². The van der Waals surface area contributed by atoms with E-state index in [1.54, 1.807) is 18.2 Å². The number of aliphatic hydroxyl groups excluding tert-OH is 1. The number of rotatable bonds is 4. The van der Waals surface area contributed by atoms with Gasteiger partial charge < -0.3 is 9.84 Å². The van der Waals surface area contributed by atoms with Crippen LogP contribution < -0.4 is 0 Å². The molecule has 20 heavy (non-hydrogen) atoms. The molecular formula is C15H14F2O3. The Morgan fingerprint density at radius 3 is 2.55 bits per heavy atom. The highest BCUT2D eigenvalue weighted by Crippen LogP contribution is 2.33. The zero-order valence-electron chi connectivity index (χ0n) is 10.8. The number of benzene rings is 2. The van der Waals surface area contributed by atoms with Gasteiger partial charge >= 0.3 is 11.9 Å². The number of ether oxygens (including phenoxy) is 1. The molecule has 0 spiro atoms. The van der Waals surface area contributed by atoms with Gasteiger partial charge in [0.05, 0.1) is 6.61 Å². The Labute approximate surface area is 114 Å². The summed E-state index contributed by atoms with van der Waals surface area (Å²) in [7, 11) is 0. The topological polar surface area (TPSA) is 46.5 Å². The predicted octanol–water partition coefficient (Wildman–Crippen LogP) is 3.07. The molecule has 0 saturated heterocycles. The molecule has 0 bridgehead atoms. The molecule has 0 saturated carbocycles. The van der Waals surface area contributed by atoms with Crippen molar-refractivity contribution in [3.05, 3.63) is 48.0 Å². The average molecular weight is 280 g/mol. The van der Waals surface area contributed by atoms with Gasteiger partial charge in [0.15, 0.2) is 6.10 Å². The number of hydrogen-bond donors (Lipinski definition) is 1. The first-order valence-corrected chi connectivity index (χ1v) is 6.18. The van der Waals surface area contributed by atoms with Crippen molar-refractivity contribution in [2.75, 3.05) is 6.61 Å². The highest BCUT2D eigenvalue weighted by Gasteiger charge is 2.49. The summed E-state index contributed by atoms with van der Waals surface area (Å²) in [6, 6.07) is 11.6. The van der Waals surface area contributed by atoms with Crippen molar-refractivity contribution < 1.29 is 23.4 Å².